The molecule has 0 aliphatic heterocycles. The molecule has 0 saturated heterocycles. The Morgan fingerprint density at radius 3 is 2.26 bits per heavy atom. The molecule has 0 bridgehead atoms. The van der Waals surface area contributed by atoms with E-state index in [9.17, 15) is 4.79 Å². The molecule has 0 aliphatic rings. The standard InChI is InChI=1S/C17H18O2/c1-11-9-10-14(13(3)12(11)2)15-7-5-6-8-16(15)17(18)19-4/h5-10H,1-4H3. The van der Waals surface area contributed by atoms with Gasteiger partial charge in [-0.25, -0.2) is 4.79 Å². The third-order valence-corrected chi connectivity index (χ3v) is 3.68. The van der Waals surface area contributed by atoms with Crippen LogP contribution in [-0.4, -0.2) is 13.1 Å². The lowest BCUT2D eigenvalue weighted by atomic mass is 9.91. The summed E-state index contributed by atoms with van der Waals surface area (Å²) in [5, 5.41) is 0. The van der Waals surface area contributed by atoms with Gasteiger partial charge in [0, 0.05) is 0 Å². The minimum absolute atomic E-state index is 0.298. The predicted octanol–water partition coefficient (Wildman–Crippen LogP) is 4.07. The lowest BCUT2D eigenvalue weighted by molar-refractivity contribution is 0.0601. The van der Waals surface area contributed by atoms with E-state index < -0.39 is 0 Å². The quantitative estimate of drug-likeness (QED) is 0.755. The SMILES string of the molecule is COC(=O)c1ccccc1-c1ccc(C)c(C)c1C. The summed E-state index contributed by atoms with van der Waals surface area (Å²) in [6.07, 6.45) is 0. The largest absolute Gasteiger partial charge is 0.465 e. The molecule has 2 heteroatoms. The van der Waals surface area contributed by atoms with Gasteiger partial charge in [0.1, 0.15) is 0 Å². The van der Waals surface area contributed by atoms with Gasteiger partial charge in [-0.3, -0.25) is 0 Å². The number of hydrogen-bond acceptors (Lipinski definition) is 2. The van der Waals surface area contributed by atoms with E-state index >= 15 is 0 Å². The van der Waals surface area contributed by atoms with Crippen LogP contribution in [0.3, 0.4) is 0 Å². The van der Waals surface area contributed by atoms with Crippen molar-refractivity contribution in [3.05, 3.63) is 58.7 Å². The number of carbonyl (C=O) groups is 1. The monoisotopic (exact) mass is 254 g/mol. The highest BCUT2D eigenvalue weighted by atomic mass is 16.5. The topological polar surface area (TPSA) is 26.3 Å². The summed E-state index contributed by atoms with van der Waals surface area (Å²) in [6.45, 7) is 6.29. The molecule has 0 radical (unpaired) electrons. The molecule has 98 valence electrons. The van der Waals surface area contributed by atoms with Crippen LogP contribution in [0.1, 0.15) is 27.0 Å². The zero-order valence-corrected chi connectivity index (χ0v) is 11.8. The maximum atomic E-state index is 11.8. The third-order valence-electron chi connectivity index (χ3n) is 3.68. The van der Waals surface area contributed by atoms with Crippen LogP contribution in [0.15, 0.2) is 36.4 Å². The second-order valence-corrected chi connectivity index (χ2v) is 4.72. The first-order valence-electron chi connectivity index (χ1n) is 6.30. The van der Waals surface area contributed by atoms with E-state index in [1.54, 1.807) is 6.07 Å². The van der Waals surface area contributed by atoms with E-state index in [1.807, 2.05) is 18.2 Å². The molecule has 2 rings (SSSR count). The number of hydrogen-bond donors (Lipinski definition) is 0. The van der Waals surface area contributed by atoms with Gasteiger partial charge in [-0.05, 0) is 54.7 Å². The van der Waals surface area contributed by atoms with Crippen molar-refractivity contribution in [1.29, 1.82) is 0 Å². The average molecular weight is 254 g/mol. The first-order valence-corrected chi connectivity index (χ1v) is 6.30. The zero-order valence-electron chi connectivity index (χ0n) is 11.8. The molecule has 0 spiro atoms. The number of aryl methyl sites for hydroxylation is 1. The predicted molar refractivity (Wildman–Crippen MR) is 77.4 cm³/mol. The van der Waals surface area contributed by atoms with Crippen molar-refractivity contribution in [3.8, 4) is 11.1 Å². The Labute approximate surface area is 114 Å². The van der Waals surface area contributed by atoms with Gasteiger partial charge < -0.3 is 4.74 Å². The number of benzene rings is 2. The lowest BCUT2D eigenvalue weighted by Gasteiger charge is -2.14. The molecule has 0 unspecified atom stereocenters. The van der Waals surface area contributed by atoms with Gasteiger partial charge in [0.25, 0.3) is 0 Å². The normalized spacial score (nSPS) is 10.3. The maximum Gasteiger partial charge on any atom is 0.338 e. The fourth-order valence-electron chi connectivity index (χ4n) is 2.25. The van der Waals surface area contributed by atoms with Crippen LogP contribution in [-0.2, 0) is 4.74 Å². The Kier molecular flexibility index (Phi) is 3.70. The molecule has 0 aromatic heterocycles. The van der Waals surface area contributed by atoms with Crippen LogP contribution >= 0.6 is 0 Å². The zero-order chi connectivity index (χ0) is 14.0. The average Bonchev–Trinajstić information content (AvgIpc) is 2.44. The summed E-state index contributed by atoms with van der Waals surface area (Å²) >= 11 is 0. The minimum Gasteiger partial charge on any atom is -0.465 e. The van der Waals surface area contributed by atoms with Crippen molar-refractivity contribution in [1.82, 2.24) is 0 Å². The van der Waals surface area contributed by atoms with Gasteiger partial charge in [-0.2, -0.15) is 0 Å². The molecular weight excluding hydrogens is 236 g/mol. The van der Waals surface area contributed by atoms with Crippen LogP contribution in [0.5, 0.6) is 0 Å². The fourth-order valence-corrected chi connectivity index (χ4v) is 2.25. The van der Waals surface area contributed by atoms with Crippen molar-refractivity contribution in [2.24, 2.45) is 0 Å². The van der Waals surface area contributed by atoms with Crippen LogP contribution < -0.4 is 0 Å². The number of methoxy groups -OCH3 is 1. The van der Waals surface area contributed by atoms with E-state index in [4.69, 9.17) is 4.74 Å². The third kappa shape index (κ3) is 2.39. The summed E-state index contributed by atoms with van der Waals surface area (Å²) in [5.74, 6) is -0.298. The molecule has 2 nitrogen and oxygen atoms in total. The molecule has 0 N–H and O–H groups in total. The van der Waals surface area contributed by atoms with Crippen molar-refractivity contribution in [2.75, 3.05) is 7.11 Å². The van der Waals surface area contributed by atoms with Crippen molar-refractivity contribution in [3.63, 3.8) is 0 Å². The van der Waals surface area contributed by atoms with Gasteiger partial charge in [-0.15, -0.1) is 0 Å². The number of rotatable bonds is 2. The van der Waals surface area contributed by atoms with E-state index in [0.717, 1.165) is 11.1 Å². The fraction of sp³-hybridized carbons (Fsp3) is 0.235. The Hall–Kier alpha value is -2.09. The molecule has 0 heterocycles. The summed E-state index contributed by atoms with van der Waals surface area (Å²) in [7, 11) is 1.41. The Bertz CT molecular complexity index is 627. The lowest BCUT2D eigenvalue weighted by Crippen LogP contribution is -2.04. The molecule has 0 atom stereocenters. The number of esters is 1. The van der Waals surface area contributed by atoms with Crippen molar-refractivity contribution in [2.45, 2.75) is 20.8 Å². The van der Waals surface area contributed by atoms with Crippen LogP contribution in [0.4, 0.5) is 0 Å². The molecule has 0 saturated carbocycles. The molecule has 0 fully saturated rings. The molecule has 2 aromatic carbocycles. The van der Waals surface area contributed by atoms with Gasteiger partial charge in [-0.1, -0.05) is 30.3 Å². The Balaban J connectivity index is 2.66. The number of carbonyl (C=O) groups excluding carboxylic acids is 1. The number of ether oxygens (including phenoxy) is 1. The summed E-state index contributed by atoms with van der Waals surface area (Å²) in [4.78, 5) is 11.8. The van der Waals surface area contributed by atoms with E-state index in [0.29, 0.717) is 5.56 Å². The molecule has 0 amide bonds. The summed E-state index contributed by atoms with van der Waals surface area (Å²) < 4.78 is 4.85. The summed E-state index contributed by atoms with van der Waals surface area (Å²) in [6, 6.07) is 11.7. The van der Waals surface area contributed by atoms with Gasteiger partial charge >= 0.3 is 5.97 Å². The molecule has 2 aromatic rings. The second-order valence-electron chi connectivity index (χ2n) is 4.72. The van der Waals surface area contributed by atoms with Crippen LogP contribution in [0.2, 0.25) is 0 Å². The van der Waals surface area contributed by atoms with Crippen molar-refractivity contribution >= 4 is 5.97 Å². The minimum atomic E-state index is -0.298. The smallest absolute Gasteiger partial charge is 0.338 e. The van der Waals surface area contributed by atoms with Crippen molar-refractivity contribution < 1.29 is 9.53 Å². The highest BCUT2D eigenvalue weighted by Crippen LogP contribution is 2.30. The first-order chi connectivity index (χ1) is 9.06. The summed E-state index contributed by atoms with van der Waals surface area (Å²) in [5.41, 5.74) is 6.35. The molecule has 19 heavy (non-hydrogen) atoms. The highest BCUT2D eigenvalue weighted by molar-refractivity contribution is 5.97. The first kappa shape index (κ1) is 13.3. The van der Waals surface area contributed by atoms with E-state index in [-0.39, 0.29) is 5.97 Å². The second kappa shape index (κ2) is 5.27. The van der Waals surface area contributed by atoms with Gasteiger partial charge in [0.05, 0.1) is 12.7 Å². The van der Waals surface area contributed by atoms with Gasteiger partial charge in [0.2, 0.25) is 0 Å². The van der Waals surface area contributed by atoms with Crippen LogP contribution in [0, 0.1) is 20.8 Å². The van der Waals surface area contributed by atoms with E-state index in [2.05, 4.69) is 32.9 Å². The molecular formula is C17H18O2. The Morgan fingerprint density at radius 2 is 1.58 bits per heavy atom. The van der Waals surface area contributed by atoms with Crippen LogP contribution in [0.25, 0.3) is 11.1 Å². The van der Waals surface area contributed by atoms with E-state index in [1.165, 1.54) is 23.8 Å². The molecule has 0 aliphatic carbocycles. The Morgan fingerprint density at radius 1 is 0.895 bits per heavy atom. The highest BCUT2D eigenvalue weighted by Gasteiger charge is 2.14. The van der Waals surface area contributed by atoms with Gasteiger partial charge in [0.15, 0.2) is 0 Å². The maximum absolute atomic E-state index is 11.8.